The van der Waals surface area contributed by atoms with Crippen molar-refractivity contribution in [1.29, 1.82) is 0 Å². The van der Waals surface area contributed by atoms with Gasteiger partial charge >= 0.3 is 0 Å². The molecule has 0 unspecified atom stereocenters. The van der Waals surface area contributed by atoms with E-state index >= 15 is 0 Å². The minimum Gasteiger partial charge on any atom is -0.493 e. The van der Waals surface area contributed by atoms with E-state index in [2.05, 4.69) is 9.97 Å². The number of aromatic nitrogens is 3. The molecule has 190 valence electrons. The molecular formula is C26H30N4O5S. The predicted octanol–water partition coefficient (Wildman–Crippen LogP) is 3.90. The van der Waals surface area contributed by atoms with Crippen LogP contribution in [-0.2, 0) is 14.3 Å². The molecule has 0 spiro atoms. The van der Waals surface area contributed by atoms with Gasteiger partial charge in [-0.3, -0.25) is 13.7 Å². The van der Waals surface area contributed by atoms with Crippen molar-refractivity contribution in [3.63, 3.8) is 0 Å². The van der Waals surface area contributed by atoms with Gasteiger partial charge in [0.1, 0.15) is 12.1 Å². The van der Waals surface area contributed by atoms with E-state index in [1.54, 1.807) is 26.6 Å². The fourth-order valence-corrected chi connectivity index (χ4v) is 5.75. The summed E-state index contributed by atoms with van der Waals surface area (Å²) in [6.45, 7) is 4.03. The largest absolute Gasteiger partial charge is 0.493 e. The van der Waals surface area contributed by atoms with Gasteiger partial charge in [-0.1, -0.05) is 0 Å². The number of hydrogen-bond acceptors (Lipinski definition) is 8. The second-order valence-corrected chi connectivity index (χ2v) is 10.8. The van der Waals surface area contributed by atoms with Gasteiger partial charge in [-0.2, -0.15) is 8.42 Å². The number of pyridine rings is 1. The fraction of sp³-hybridized carbons (Fsp3) is 0.423. The van der Waals surface area contributed by atoms with E-state index in [-0.39, 0.29) is 23.8 Å². The third kappa shape index (κ3) is 4.75. The number of imidazole rings is 1. The molecule has 1 fully saturated rings. The molecule has 0 bridgehead atoms. The molecule has 3 atom stereocenters. The average Bonchev–Trinajstić information content (AvgIpc) is 3.43. The Labute approximate surface area is 211 Å². The van der Waals surface area contributed by atoms with E-state index in [0.717, 1.165) is 34.6 Å². The normalized spacial score (nSPS) is 21.3. The molecule has 3 heterocycles. The van der Waals surface area contributed by atoms with Crippen molar-refractivity contribution < 1.29 is 22.1 Å². The Balaban J connectivity index is 1.55. The van der Waals surface area contributed by atoms with Crippen LogP contribution in [0.3, 0.4) is 0 Å². The van der Waals surface area contributed by atoms with Gasteiger partial charge in [0.2, 0.25) is 0 Å². The molecule has 1 aromatic carbocycles. The van der Waals surface area contributed by atoms with Crippen LogP contribution in [0.15, 0.2) is 54.2 Å². The van der Waals surface area contributed by atoms with E-state index in [4.69, 9.17) is 18.6 Å². The summed E-state index contributed by atoms with van der Waals surface area (Å²) < 4.78 is 43.2. The first-order valence-electron chi connectivity index (χ1n) is 12.2. The average molecular weight is 511 g/mol. The maximum Gasteiger partial charge on any atom is 0.267 e. The molecule has 0 saturated heterocycles. The second-order valence-electron chi connectivity index (χ2n) is 8.93. The van der Waals surface area contributed by atoms with Gasteiger partial charge in [-0.05, 0) is 62.9 Å². The lowest BCUT2D eigenvalue weighted by Gasteiger charge is -2.38. The van der Waals surface area contributed by atoms with Crippen molar-refractivity contribution >= 4 is 15.8 Å². The van der Waals surface area contributed by atoms with Crippen molar-refractivity contribution in [2.24, 2.45) is 4.99 Å². The van der Waals surface area contributed by atoms with Crippen molar-refractivity contribution in [3.8, 4) is 17.3 Å². The summed E-state index contributed by atoms with van der Waals surface area (Å²) in [5, 5.41) is 0. The van der Waals surface area contributed by atoms with E-state index in [9.17, 15) is 8.42 Å². The summed E-state index contributed by atoms with van der Waals surface area (Å²) in [6, 6.07) is 7.95. The lowest BCUT2D eigenvalue weighted by Crippen LogP contribution is -2.36. The standard InChI is InChI=1S/C26H30N4O5S/c1-4-34-24-13-19-20-12-18(35-36(31,32)5-2)7-8-22(20)29-26(21(19)14-23(24)33-3)17-6-9-25(28-15-17)30-11-10-27-16-30/h6,9-11,13-16,18,20,22H,4-5,7-8,12H2,1-3H3/t18-,20-,22-/m1/s1. The molecule has 5 rings (SSSR count). The summed E-state index contributed by atoms with van der Waals surface area (Å²) in [6.07, 6.45) is 8.67. The number of benzene rings is 1. The summed E-state index contributed by atoms with van der Waals surface area (Å²) >= 11 is 0. The third-order valence-corrected chi connectivity index (χ3v) is 8.05. The molecular weight excluding hydrogens is 480 g/mol. The van der Waals surface area contributed by atoms with Crippen LogP contribution in [0.25, 0.3) is 5.82 Å². The number of ether oxygens (including phenoxy) is 2. The van der Waals surface area contributed by atoms with E-state index in [1.807, 2.05) is 48.1 Å². The molecule has 0 amide bonds. The molecule has 0 N–H and O–H groups in total. The highest BCUT2D eigenvalue weighted by molar-refractivity contribution is 7.86. The zero-order chi connectivity index (χ0) is 25.3. The van der Waals surface area contributed by atoms with Crippen LogP contribution in [0.2, 0.25) is 0 Å². The smallest absolute Gasteiger partial charge is 0.267 e. The Morgan fingerprint density at radius 3 is 2.67 bits per heavy atom. The molecule has 9 nitrogen and oxygen atoms in total. The number of hydrogen-bond donors (Lipinski definition) is 0. The molecule has 1 aliphatic carbocycles. The van der Waals surface area contributed by atoms with Crippen molar-refractivity contribution in [2.75, 3.05) is 19.5 Å². The Bertz CT molecular complexity index is 1350. The van der Waals surface area contributed by atoms with Crippen molar-refractivity contribution in [2.45, 2.75) is 51.2 Å². The van der Waals surface area contributed by atoms with Crippen LogP contribution < -0.4 is 9.47 Å². The number of nitrogens with zero attached hydrogens (tertiary/aromatic N) is 4. The summed E-state index contributed by atoms with van der Waals surface area (Å²) in [5.74, 6) is 2.03. The third-order valence-electron chi connectivity index (χ3n) is 6.78. The molecule has 10 heteroatoms. The fourth-order valence-electron chi connectivity index (χ4n) is 5.02. The minimum absolute atomic E-state index is 0.00729. The van der Waals surface area contributed by atoms with Crippen LogP contribution in [0, 0.1) is 0 Å². The lowest BCUT2D eigenvalue weighted by molar-refractivity contribution is 0.140. The molecule has 36 heavy (non-hydrogen) atoms. The first kappa shape index (κ1) is 24.5. The Morgan fingerprint density at radius 2 is 2.00 bits per heavy atom. The molecule has 3 aromatic rings. The highest BCUT2D eigenvalue weighted by Crippen LogP contribution is 2.45. The Hall–Kier alpha value is -3.24. The zero-order valence-electron chi connectivity index (χ0n) is 20.6. The number of rotatable bonds is 8. The zero-order valence-corrected chi connectivity index (χ0v) is 21.4. The van der Waals surface area contributed by atoms with Crippen LogP contribution >= 0.6 is 0 Å². The first-order valence-corrected chi connectivity index (χ1v) is 13.8. The summed E-state index contributed by atoms with van der Waals surface area (Å²) in [4.78, 5) is 13.9. The monoisotopic (exact) mass is 510 g/mol. The SMILES string of the molecule is CCOc1cc2c(cc1OC)C(c1ccc(-n3ccnc3)nc1)=N[C@@H]1CC[C@@H](OS(=O)(=O)CC)C[C@H]21. The summed E-state index contributed by atoms with van der Waals surface area (Å²) in [7, 11) is -1.91. The predicted molar refractivity (Wildman–Crippen MR) is 136 cm³/mol. The Morgan fingerprint density at radius 1 is 1.14 bits per heavy atom. The highest BCUT2D eigenvalue weighted by Gasteiger charge is 2.39. The van der Waals surface area contributed by atoms with Gasteiger partial charge in [-0.25, -0.2) is 9.97 Å². The number of methoxy groups -OCH3 is 1. The topological polar surface area (TPSA) is 105 Å². The Kier molecular flexibility index (Phi) is 6.81. The molecule has 1 aliphatic heterocycles. The van der Waals surface area contributed by atoms with Crippen LogP contribution in [0.5, 0.6) is 11.5 Å². The van der Waals surface area contributed by atoms with Gasteiger partial charge in [-0.15, -0.1) is 0 Å². The quantitative estimate of drug-likeness (QED) is 0.423. The van der Waals surface area contributed by atoms with Crippen LogP contribution in [0.4, 0.5) is 0 Å². The lowest BCUT2D eigenvalue weighted by atomic mass is 9.74. The maximum absolute atomic E-state index is 12.1. The molecule has 1 saturated carbocycles. The number of aliphatic imine (C=N–C) groups is 1. The second kappa shape index (κ2) is 10.0. The first-order chi connectivity index (χ1) is 17.4. The van der Waals surface area contributed by atoms with Gasteiger partial charge in [0, 0.05) is 35.6 Å². The molecule has 2 aliphatic rings. The van der Waals surface area contributed by atoms with Crippen molar-refractivity contribution in [1.82, 2.24) is 14.5 Å². The molecule has 0 radical (unpaired) electrons. The summed E-state index contributed by atoms with van der Waals surface area (Å²) in [5.41, 5.74) is 3.75. The van der Waals surface area contributed by atoms with Crippen molar-refractivity contribution in [3.05, 3.63) is 65.9 Å². The van der Waals surface area contributed by atoms with Gasteiger partial charge in [0.05, 0.1) is 37.3 Å². The maximum atomic E-state index is 12.1. The minimum atomic E-state index is -3.53. The van der Waals surface area contributed by atoms with E-state index in [0.29, 0.717) is 30.9 Å². The van der Waals surface area contributed by atoms with Gasteiger partial charge < -0.3 is 9.47 Å². The van der Waals surface area contributed by atoms with Crippen LogP contribution in [0.1, 0.15) is 55.7 Å². The van der Waals surface area contributed by atoms with Gasteiger partial charge in [0.25, 0.3) is 10.1 Å². The number of fused-ring (bicyclic) bond motifs is 3. The van der Waals surface area contributed by atoms with E-state index in [1.165, 1.54) is 0 Å². The van der Waals surface area contributed by atoms with Crippen LogP contribution in [-0.4, -0.2) is 60.3 Å². The molecule has 2 aromatic heterocycles. The van der Waals surface area contributed by atoms with E-state index < -0.39 is 10.1 Å². The highest BCUT2D eigenvalue weighted by atomic mass is 32.2. The van der Waals surface area contributed by atoms with Gasteiger partial charge in [0.15, 0.2) is 11.5 Å².